The molecular formula is C29H21P. The van der Waals surface area contributed by atoms with Crippen molar-refractivity contribution in [1.82, 2.24) is 0 Å². The number of hydrogen-bond donors (Lipinski definition) is 0. The third-order valence-corrected chi connectivity index (χ3v) is 10.8. The van der Waals surface area contributed by atoms with Crippen molar-refractivity contribution in [3.8, 4) is 0 Å². The zero-order valence-electron chi connectivity index (χ0n) is 16.6. The van der Waals surface area contributed by atoms with Gasteiger partial charge in [-0.15, -0.1) is 0 Å². The van der Waals surface area contributed by atoms with Crippen molar-refractivity contribution in [1.29, 1.82) is 0 Å². The highest BCUT2D eigenvalue weighted by Gasteiger charge is 2.86. The number of hydrogen-bond acceptors (Lipinski definition) is 0. The largest absolute Gasteiger partial charge is 0.0701 e. The van der Waals surface area contributed by atoms with Crippen LogP contribution >= 0.6 is 7.92 Å². The van der Waals surface area contributed by atoms with Crippen molar-refractivity contribution >= 4 is 18.5 Å². The van der Waals surface area contributed by atoms with Gasteiger partial charge in [-0.25, -0.2) is 0 Å². The van der Waals surface area contributed by atoms with Gasteiger partial charge in [-0.05, 0) is 40.8 Å². The summed E-state index contributed by atoms with van der Waals surface area (Å²) in [4.78, 5) is 0. The topological polar surface area (TPSA) is 0 Å². The molecule has 4 unspecified atom stereocenters. The average molecular weight is 400 g/mol. The molecule has 0 nitrogen and oxygen atoms in total. The summed E-state index contributed by atoms with van der Waals surface area (Å²) < 4.78 is 0. The van der Waals surface area contributed by atoms with Gasteiger partial charge in [-0.2, -0.15) is 0 Å². The lowest BCUT2D eigenvalue weighted by atomic mass is 9.83. The number of allylic oxidation sites excluding steroid dienone is 1. The summed E-state index contributed by atoms with van der Waals surface area (Å²) in [7, 11) is -0.483. The summed E-state index contributed by atoms with van der Waals surface area (Å²) in [5, 5.41) is 3.28. The minimum Gasteiger partial charge on any atom is -0.0701 e. The number of fused-ring (bicyclic) bond motifs is 4. The molecule has 0 amide bonds. The van der Waals surface area contributed by atoms with E-state index >= 15 is 0 Å². The van der Waals surface area contributed by atoms with Crippen molar-refractivity contribution in [3.63, 3.8) is 0 Å². The molecule has 0 aromatic heterocycles. The van der Waals surface area contributed by atoms with Crippen LogP contribution in [0.5, 0.6) is 0 Å². The molecule has 4 aromatic carbocycles. The van der Waals surface area contributed by atoms with E-state index in [9.17, 15) is 0 Å². The molecule has 0 N–H and O–H groups in total. The first-order valence-corrected chi connectivity index (χ1v) is 12.0. The van der Waals surface area contributed by atoms with Crippen molar-refractivity contribution in [3.05, 3.63) is 144 Å². The monoisotopic (exact) mass is 400 g/mol. The average Bonchev–Trinajstić information content (AvgIpc) is 3.17. The molecule has 0 bridgehead atoms. The maximum absolute atomic E-state index is 2.64. The molecule has 1 fully saturated rings. The van der Waals surface area contributed by atoms with Crippen LogP contribution in [-0.2, 0) is 10.6 Å². The Morgan fingerprint density at radius 2 is 1.13 bits per heavy atom. The van der Waals surface area contributed by atoms with Crippen LogP contribution < -0.4 is 5.30 Å². The van der Waals surface area contributed by atoms with Crippen LogP contribution in [0.2, 0.25) is 0 Å². The maximum Gasteiger partial charge on any atom is 0.0453 e. The molecule has 7 rings (SSSR count). The van der Waals surface area contributed by atoms with Crippen LogP contribution in [0.3, 0.4) is 0 Å². The van der Waals surface area contributed by atoms with Crippen LogP contribution in [0.4, 0.5) is 0 Å². The van der Waals surface area contributed by atoms with Crippen molar-refractivity contribution < 1.29 is 0 Å². The van der Waals surface area contributed by atoms with E-state index in [4.69, 9.17) is 0 Å². The van der Waals surface area contributed by atoms with E-state index in [1.807, 2.05) is 0 Å². The third-order valence-electron chi connectivity index (χ3n) is 7.43. The molecule has 0 radical (unpaired) electrons. The molecule has 1 heteroatoms. The molecule has 30 heavy (non-hydrogen) atoms. The molecule has 2 aliphatic heterocycles. The Labute approximate surface area is 178 Å². The maximum atomic E-state index is 2.64. The zero-order chi connectivity index (χ0) is 19.8. The standard InChI is InChI=1S/C29H21P/c1-4-12-21(13-5-1)26-20-27-28(22-14-6-2-7-15-22)24-18-10-11-19-25(24)30(26)29(27,28)23-16-8-3-9-17-23/h1-20,27H. The molecule has 1 aliphatic carbocycles. The molecule has 142 valence electrons. The summed E-state index contributed by atoms with van der Waals surface area (Å²) in [5.74, 6) is 0.519. The highest BCUT2D eigenvalue weighted by Crippen LogP contribution is 2.95. The van der Waals surface area contributed by atoms with E-state index in [-0.39, 0.29) is 10.6 Å². The lowest BCUT2D eigenvalue weighted by Crippen LogP contribution is -2.18. The van der Waals surface area contributed by atoms with Gasteiger partial charge < -0.3 is 0 Å². The van der Waals surface area contributed by atoms with E-state index < -0.39 is 7.92 Å². The molecule has 4 atom stereocenters. The van der Waals surface area contributed by atoms with Crippen molar-refractivity contribution in [2.75, 3.05) is 0 Å². The summed E-state index contributed by atoms with van der Waals surface area (Å²) in [6.07, 6.45) is 2.64. The van der Waals surface area contributed by atoms with Gasteiger partial charge in [0.05, 0.1) is 0 Å². The third kappa shape index (κ3) is 1.75. The minimum absolute atomic E-state index is 0.0657. The van der Waals surface area contributed by atoms with Gasteiger partial charge in [0.15, 0.2) is 0 Å². The molecular weight excluding hydrogens is 379 g/mol. The second kappa shape index (κ2) is 5.81. The van der Waals surface area contributed by atoms with E-state index in [0.29, 0.717) is 5.92 Å². The van der Waals surface area contributed by atoms with Crippen molar-refractivity contribution in [2.24, 2.45) is 5.92 Å². The normalized spacial score (nSPS) is 29.8. The first-order valence-electron chi connectivity index (χ1n) is 10.7. The number of benzene rings is 4. The molecule has 0 saturated heterocycles. The van der Waals surface area contributed by atoms with Crippen LogP contribution in [-0.4, -0.2) is 0 Å². The van der Waals surface area contributed by atoms with E-state index in [1.165, 1.54) is 16.7 Å². The molecule has 1 saturated carbocycles. The Kier molecular flexibility index (Phi) is 3.25. The first-order chi connectivity index (χ1) is 14.9. The van der Waals surface area contributed by atoms with E-state index in [1.54, 1.807) is 16.2 Å². The van der Waals surface area contributed by atoms with Crippen LogP contribution in [0.25, 0.3) is 5.31 Å². The van der Waals surface area contributed by atoms with E-state index in [2.05, 4.69) is 121 Å². The molecule has 0 spiro atoms. The van der Waals surface area contributed by atoms with Gasteiger partial charge in [-0.3, -0.25) is 0 Å². The molecule has 2 heterocycles. The quantitative estimate of drug-likeness (QED) is 0.337. The summed E-state index contributed by atoms with van der Waals surface area (Å²) in [6, 6.07) is 43.0. The molecule has 4 aromatic rings. The van der Waals surface area contributed by atoms with Crippen LogP contribution in [0.15, 0.2) is 121 Å². The Morgan fingerprint density at radius 1 is 0.567 bits per heavy atom. The van der Waals surface area contributed by atoms with Gasteiger partial charge in [-0.1, -0.05) is 121 Å². The Bertz CT molecular complexity index is 1290. The fraction of sp³-hybridized carbons (Fsp3) is 0.103. The molecule has 3 aliphatic rings. The second-order valence-corrected chi connectivity index (χ2v) is 10.9. The van der Waals surface area contributed by atoms with Gasteiger partial charge in [0.25, 0.3) is 0 Å². The lowest BCUT2D eigenvalue weighted by molar-refractivity contribution is 0.770. The predicted octanol–water partition coefficient (Wildman–Crippen LogP) is 6.67. The van der Waals surface area contributed by atoms with Crippen LogP contribution in [0.1, 0.15) is 22.3 Å². The highest BCUT2D eigenvalue weighted by atomic mass is 31.1. The smallest absolute Gasteiger partial charge is 0.0453 e. The van der Waals surface area contributed by atoms with Gasteiger partial charge in [0.1, 0.15) is 0 Å². The zero-order valence-corrected chi connectivity index (χ0v) is 17.5. The van der Waals surface area contributed by atoms with E-state index in [0.717, 1.165) is 0 Å². The minimum atomic E-state index is -0.483. The van der Waals surface area contributed by atoms with Crippen molar-refractivity contribution in [2.45, 2.75) is 10.6 Å². The Morgan fingerprint density at radius 3 is 1.83 bits per heavy atom. The first kappa shape index (κ1) is 16.8. The summed E-state index contributed by atoms with van der Waals surface area (Å²) in [6.45, 7) is 0. The summed E-state index contributed by atoms with van der Waals surface area (Å²) >= 11 is 0. The van der Waals surface area contributed by atoms with Gasteiger partial charge in [0.2, 0.25) is 0 Å². The van der Waals surface area contributed by atoms with Gasteiger partial charge >= 0.3 is 0 Å². The summed E-state index contributed by atoms with van der Waals surface area (Å²) in [5.41, 5.74) is 5.99. The highest BCUT2D eigenvalue weighted by molar-refractivity contribution is 7.78. The van der Waals surface area contributed by atoms with Gasteiger partial charge in [0, 0.05) is 16.5 Å². The second-order valence-electron chi connectivity index (χ2n) is 8.55. The Balaban J connectivity index is 1.58. The lowest BCUT2D eigenvalue weighted by Gasteiger charge is -2.27. The fourth-order valence-corrected chi connectivity index (χ4v) is 10.6. The van der Waals surface area contributed by atoms with Crippen LogP contribution in [0, 0.1) is 5.92 Å². The SMILES string of the molecule is C1=C(c2ccccc2)P2c3ccccc3C3(c4ccccc4)C1C23c1ccccc1. The Hall–Kier alpha value is -2.95. The fourth-order valence-electron chi connectivity index (χ4n) is 6.48. The number of rotatable bonds is 3. The predicted molar refractivity (Wildman–Crippen MR) is 126 cm³/mol.